The molecule has 0 atom stereocenters. The maximum absolute atomic E-state index is 12.9. The van der Waals surface area contributed by atoms with Crippen molar-refractivity contribution >= 4 is 11.6 Å². The molecule has 0 radical (unpaired) electrons. The highest BCUT2D eigenvalue weighted by atomic mass is 16.5. The van der Waals surface area contributed by atoms with Crippen molar-refractivity contribution in [1.82, 2.24) is 10.1 Å². The van der Waals surface area contributed by atoms with Crippen LogP contribution in [0.4, 0.5) is 5.69 Å². The van der Waals surface area contributed by atoms with Gasteiger partial charge >= 0.3 is 0 Å². The van der Waals surface area contributed by atoms with Crippen molar-refractivity contribution in [2.24, 2.45) is 0 Å². The van der Waals surface area contributed by atoms with Crippen molar-refractivity contribution in [1.29, 1.82) is 0 Å². The van der Waals surface area contributed by atoms with Crippen LogP contribution in [0, 0.1) is 13.8 Å². The molecule has 6 nitrogen and oxygen atoms in total. The highest BCUT2D eigenvalue weighted by molar-refractivity contribution is 5.93. The highest BCUT2D eigenvalue weighted by Crippen LogP contribution is 2.29. The molecule has 2 heterocycles. The molecule has 150 valence electrons. The zero-order chi connectivity index (χ0) is 20.4. The number of aromatic nitrogens is 1. The van der Waals surface area contributed by atoms with E-state index < -0.39 is 0 Å². The van der Waals surface area contributed by atoms with Gasteiger partial charge in [0, 0.05) is 37.8 Å². The Morgan fingerprint density at radius 2 is 1.76 bits per heavy atom. The number of hydrogen-bond donors (Lipinski definition) is 0. The number of benzene rings is 2. The molecular formula is C23H25N3O3. The number of rotatable bonds is 4. The Morgan fingerprint density at radius 3 is 2.48 bits per heavy atom. The van der Waals surface area contributed by atoms with E-state index in [2.05, 4.69) is 30.0 Å². The van der Waals surface area contributed by atoms with Gasteiger partial charge in [-0.15, -0.1) is 0 Å². The molecule has 1 aliphatic rings. The number of methoxy groups -OCH3 is 1. The van der Waals surface area contributed by atoms with Crippen LogP contribution in [0.2, 0.25) is 0 Å². The summed E-state index contributed by atoms with van der Waals surface area (Å²) in [4.78, 5) is 17.0. The number of carbonyl (C=O) groups excluding carboxylic acids is 1. The molecule has 29 heavy (non-hydrogen) atoms. The summed E-state index contributed by atoms with van der Waals surface area (Å²) in [6.07, 6.45) is 0. The number of para-hydroxylation sites is 2. The lowest BCUT2D eigenvalue weighted by Crippen LogP contribution is -2.49. The van der Waals surface area contributed by atoms with Gasteiger partial charge in [-0.3, -0.25) is 4.79 Å². The average Bonchev–Trinajstić information content (AvgIpc) is 3.25. The lowest BCUT2D eigenvalue weighted by atomic mass is 10.0. The standard InChI is InChI=1S/C23H25N3O3/c1-16-8-9-18(14-17(16)2)22-15-19(24-29-22)23(27)26-12-10-25(11-13-26)20-6-4-5-7-21(20)28-3/h4-9,14-15H,10-13H2,1-3H3. The number of aryl methyl sites for hydroxylation is 2. The summed E-state index contributed by atoms with van der Waals surface area (Å²) in [5, 5.41) is 4.02. The number of amides is 1. The topological polar surface area (TPSA) is 58.8 Å². The second kappa shape index (κ2) is 7.99. The zero-order valence-corrected chi connectivity index (χ0v) is 17.0. The smallest absolute Gasteiger partial charge is 0.276 e. The molecule has 0 spiro atoms. The molecule has 6 heteroatoms. The third-order valence-corrected chi connectivity index (χ3v) is 5.51. The second-order valence-electron chi connectivity index (χ2n) is 7.33. The van der Waals surface area contributed by atoms with Crippen molar-refractivity contribution in [3.63, 3.8) is 0 Å². The van der Waals surface area contributed by atoms with Crippen molar-refractivity contribution in [3.05, 3.63) is 65.4 Å². The minimum atomic E-state index is -0.0940. The summed E-state index contributed by atoms with van der Waals surface area (Å²) >= 11 is 0. The van der Waals surface area contributed by atoms with Crippen LogP contribution in [0.5, 0.6) is 5.75 Å². The van der Waals surface area contributed by atoms with Crippen LogP contribution in [-0.2, 0) is 0 Å². The molecule has 0 saturated carbocycles. The number of anilines is 1. The quantitative estimate of drug-likeness (QED) is 0.674. The van der Waals surface area contributed by atoms with Gasteiger partial charge in [0.15, 0.2) is 11.5 Å². The molecule has 1 aliphatic heterocycles. The van der Waals surface area contributed by atoms with Crippen LogP contribution in [0.25, 0.3) is 11.3 Å². The second-order valence-corrected chi connectivity index (χ2v) is 7.33. The number of nitrogens with zero attached hydrogens (tertiary/aromatic N) is 3. The maximum atomic E-state index is 12.9. The lowest BCUT2D eigenvalue weighted by molar-refractivity contribution is 0.0736. The normalized spacial score (nSPS) is 14.2. The molecule has 1 aromatic heterocycles. The fraction of sp³-hybridized carbons (Fsp3) is 0.304. The lowest BCUT2D eigenvalue weighted by Gasteiger charge is -2.36. The number of hydrogen-bond acceptors (Lipinski definition) is 5. The Hall–Kier alpha value is -3.28. The van der Waals surface area contributed by atoms with Crippen LogP contribution in [0.15, 0.2) is 53.1 Å². The minimum absolute atomic E-state index is 0.0940. The van der Waals surface area contributed by atoms with E-state index >= 15 is 0 Å². The summed E-state index contributed by atoms with van der Waals surface area (Å²) < 4.78 is 10.9. The molecule has 1 fully saturated rings. The zero-order valence-electron chi connectivity index (χ0n) is 17.0. The SMILES string of the molecule is COc1ccccc1N1CCN(C(=O)c2cc(-c3ccc(C)c(C)c3)on2)CC1. The van der Waals surface area contributed by atoms with E-state index in [9.17, 15) is 4.79 Å². The van der Waals surface area contributed by atoms with Gasteiger partial charge in [0.1, 0.15) is 5.75 Å². The molecular weight excluding hydrogens is 366 g/mol. The molecule has 3 aromatic rings. The first-order valence-corrected chi connectivity index (χ1v) is 9.78. The van der Waals surface area contributed by atoms with Crippen LogP contribution in [0.3, 0.4) is 0 Å². The van der Waals surface area contributed by atoms with Gasteiger partial charge in [-0.2, -0.15) is 0 Å². The minimum Gasteiger partial charge on any atom is -0.495 e. The third-order valence-electron chi connectivity index (χ3n) is 5.51. The van der Waals surface area contributed by atoms with Gasteiger partial charge in [0.25, 0.3) is 5.91 Å². The predicted octanol–water partition coefficient (Wildman–Crippen LogP) is 3.93. The van der Waals surface area contributed by atoms with E-state index in [1.54, 1.807) is 13.2 Å². The van der Waals surface area contributed by atoms with E-state index in [0.717, 1.165) is 30.1 Å². The van der Waals surface area contributed by atoms with Crippen LogP contribution < -0.4 is 9.64 Å². The van der Waals surface area contributed by atoms with Gasteiger partial charge in [-0.25, -0.2) is 0 Å². The van der Waals surface area contributed by atoms with Crippen molar-refractivity contribution in [2.75, 3.05) is 38.2 Å². The highest BCUT2D eigenvalue weighted by Gasteiger charge is 2.26. The summed E-state index contributed by atoms with van der Waals surface area (Å²) in [7, 11) is 1.68. The van der Waals surface area contributed by atoms with Crippen LogP contribution in [0.1, 0.15) is 21.6 Å². The molecule has 1 amide bonds. The van der Waals surface area contributed by atoms with E-state index in [0.29, 0.717) is 24.5 Å². The van der Waals surface area contributed by atoms with Crippen molar-refractivity contribution < 1.29 is 14.1 Å². The van der Waals surface area contributed by atoms with Gasteiger partial charge < -0.3 is 19.1 Å². The van der Waals surface area contributed by atoms with Gasteiger partial charge in [0.2, 0.25) is 0 Å². The number of ether oxygens (including phenoxy) is 1. The molecule has 0 unspecified atom stereocenters. The Bertz CT molecular complexity index is 1020. The van der Waals surface area contributed by atoms with E-state index in [-0.39, 0.29) is 5.91 Å². The monoisotopic (exact) mass is 391 g/mol. The van der Waals surface area contributed by atoms with Crippen molar-refractivity contribution in [2.45, 2.75) is 13.8 Å². The summed E-state index contributed by atoms with van der Waals surface area (Å²) in [5.41, 5.74) is 4.74. The Kier molecular flexibility index (Phi) is 5.25. The van der Waals surface area contributed by atoms with Gasteiger partial charge in [-0.05, 0) is 43.2 Å². The predicted molar refractivity (Wildman–Crippen MR) is 113 cm³/mol. The summed E-state index contributed by atoms with van der Waals surface area (Å²) in [5.74, 6) is 1.37. The first-order valence-electron chi connectivity index (χ1n) is 9.78. The molecule has 0 aliphatic carbocycles. The van der Waals surface area contributed by atoms with Gasteiger partial charge in [0.05, 0.1) is 12.8 Å². The summed E-state index contributed by atoms with van der Waals surface area (Å²) in [6.45, 7) is 6.87. The molecule has 4 rings (SSSR count). The fourth-order valence-corrected chi connectivity index (χ4v) is 3.61. The number of piperazine rings is 1. The van der Waals surface area contributed by atoms with Gasteiger partial charge in [-0.1, -0.05) is 29.4 Å². The molecule has 2 aromatic carbocycles. The first kappa shape index (κ1) is 19.1. The van der Waals surface area contributed by atoms with E-state index in [1.807, 2.05) is 41.3 Å². The van der Waals surface area contributed by atoms with E-state index in [1.165, 1.54) is 11.1 Å². The van der Waals surface area contributed by atoms with Crippen LogP contribution >= 0.6 is 0 Å². The Labute approximate surface area is 170 Å². The maximum Gasteiger partial charge on any atom is 0.276 e. The first-order chi connectivity index (χ1) is 14.1. The molecule has 0 bridgehead atoms. The Balaban J connectivity index is 1.44. The largest absolute Gasteiger partial charge is 0.495 e. The third kappa shape index (κ3) is 3.83. The van der Waals surface area contributed by atoms with E-state index in [4.69, 9.17) is 9.26 Å². The van der Waals surface area contributed by atoms with Crippen molar-refractivity contribution in [3.8, 4) is 17.1 Å². The Morgan fingerprint density at radius 1 is 1.00 bits per heavy atom. The molecule has 1 saturated heterocycles. The molecule has 0 N–H and O–H groups in total. The number of carbonyl (C=O) groups is 1. The average molecular weight is 391 g/mol. The van der Waals surface area contributed by atoms with Crippen LogP contribution in [-0.4, -0.2) is 49.3 Å². The summed E-state index contributed by atoms with van der Waals surface area (Å²) in [6, 6.07) is 15.8. The fourth-order valence-electron chi connectivity index (χ4n) is 3.61.